The van der Waals surface area contributed by atoms with Crippen LogP contribution in [-0.4, -0.2) is 22.9 Å². The van der Waals surface area contributed by atoms with Crippen LogP contribution < -0.4 is 0 Å². The minimum absolute atomic E-state index is 0.0605. The molecule has 0 spiro atoms. The minimum Gasteiger partial charge on any atom is -0.465 e. The molecular formula is C11H13NO3. The molecule has 0 N–H and O–H groups in total. The predicted molar refractivity (Wildman–Crippen MR) is 53.5 cm³/mol. The summed E-state index contributed by atoms with van der Waals surface area (Å²) in [5, 5.41) is 0. The third kappa shape index (κ3) is 1.46. The number of ether oxygens (including phenoxy) is 1. The van der Waals surface area contributed by atoms with Gasteiger partial charge in [0, 0.05) is 25.4 Å². The lowest BCUT2D eigenvalue weighted by Crippen LogP contribution is -2.20. The Bertz CT molecular complexity index is 419. The van der Waals surface area contributed by atoms with E-state index in [-0.39, 0.29) is 5.78 Å². The number of hydrogen-bond donors (Lipinski definition) is 0. The predicted octanol–water partition coefficient (Wildman–Crippen LogP) is 0.797. The quantitative estimate of drug-likeness (QED) is 0.532. The summed E-state index contributed by atoms with van der Waals surface area (Å²) in [5.41, 5.74) is 1.74. The van der Waals surface area contributed by atoms with Gasteiger partial charge in [-0.2, -0.15) is 0 Å². The highest BCUT2D eigenvalue weighted by Gasteiger charge is 2.38. The zero-order valence-corrected chi connectivity index (χ0v) is 8.82. The second-order valence-electron chi connectivity index (χ2n) is 3.66. The lowest BCUT2D eigenvalue weighted by atomic mass is 10.0. The summed E-state index contributed by atoms with van der Waals surface area (Å²) in [4.78, 5) is 23.2. The number of fused-ring (bicyclic) bond motifs is 1. The van der Waals surface area contributed by atoms with Gasteiger partial charge in [-0.1, -0.05) is 0 Å². The number of ketones is 1. The molecule has 0 aromatic carbocycles. The molecule has 15 heavy (non-hydrogen) atoms. The molecular weight excluding hydrogens is 194 g/mol. The Kier molecular flexibility index (Phi) is 2.34. The highest BCUT2D eigenvalue weighted by molar-refractivity contribution is 6.08. The van der Waals surface area contributed by atoms with Crippen LogP contribution in [0.15, 0.2) is 12.3 Å². The summed E-state index contributed by atoms with van der Waals surface area (Å²) in [6, 6.07) is 1.82. The maximum Gasteiger partial charge on any atom is 0.321 e. The molecule has 1 heterocycles. The minimum atomic E-state index is -0.693. The first kappa shape index (κ1) is 9.96. The summed E-state index contributed by atoms with van der Waals surface area (Å²) in [5.74, 6) is -1.18. The number of nitrogens with zero attached hydrogens (tertiary/aromatic N) is 1. The summed E-state index contributed by atoms with van der Waals surface area (Å²) in [6.45, 7) is 2.05. The van der Waals surface area contributed by atoms with Crippen molar-refractivity contribution in [1.29, 1.82) is 0 Å². The van der Waals surface area contributed by atoms with Crippen molar-refractivity contribution in [3.63, 3.8) is 0 Å². The molecule has 0 bridgehead atoms. The molecule has 1 aliphatic rings. The largest absolute Gasteiger partial charge is 0.465 e. The van der Waals surface area contributed by atoms with Crippen molar-refractivity contribution < 1.29 is 14.3 Å². The molecule has 0 saturated carbocycles. The van der Waals surface area contributed by atoms with Crippen LogP contribution in [0.25, 0.3) is 0 Å². The summed E-state index contributed by atoms with van der Waals surface area (Å²) in [6.07, 6.45) is 2.20. The molecule has 0 amide bonds. The van der Waals surface area contributed by atoms with Crippen LogP contribution in [0.3, 0.4) is 0 Å². The first-order valence-electron chi connectivity index (χ1n) is 4.98. The van der Waals surface area contributed by atoms with Crippen molar-refractivity contribution >= 4 is 11.8 Å². The number of rotatable bonds is 2. The number of carbonyl (C=O) groups is 2. The van der Waals surface area contributed by atoms with Crippen LogP contribution in [-0.2, 0) is 27.8 Å². The smallest absolute Gasteiger partial charge is 0.321 e. The lowest BCUT2D eigenvalue weighted by Gasteiger charge is -2.06. The molecule has 0 fully saturated rings. The van der Waals surface area contributed by atoms with E-state index in [1.807, 2.05) is 23.9 Å². The molecule has 1 atom stereocenters. The number of aromatic nitrogens is 1. The van der Waals surface area contributed by atoms with E-state index >= 15 is 0 Å². The van der Waals surface area contributed by atoms with E-state index in [0.717, 1.165) is 11.3 Å². The Balaban J connectivity index is 2.33. The Morgan fingerprint density at radius 2 is 2.40 bits per heavy atom. The molecule has 0 aliphatic heterocycles. The third-order valence-corrected chi connectivity index (χ3v) is 2.73. The van der Waals surface area contributed by atoms with E-state index < -0.39 is 11.9 Å². The van der Waals surface area contributed by atoms with E-state index in [1.165, 1.54) is 0 Å². The Hall–Kier alpha value is -1.58. The lowest BCUT2D eigenvalue weighted by molar-refractivity contribution is -0.147. The topological polar surface area (TPSA) is 48.3 Å². The standard InChI is InChI=1S/C11H13NO3/c1-3-15-11(14)10-7-4-5-12(2)8(7)6-9(10)13/h4-5,10H,3,6H2,1-2H3. The van der Waals surface area contributed by atoms with E-state index in [2.05, 4.69) is 0 Å². The number of esters is 1. The Morgan fingerprint density at radius 3 is 3.07 bits per heavy atom. The van der Waals surface area contributed by atoms with E-state index in [9.17, 15) is 9.59 Å². The van der Waals surface area contributed by atoms with Gasteiger partial charge in [-0.15, -0.1) is 0 Å². The molecule has 0 saturated heterocycles. The normalized spacial score (nSPS) is 19.1. The number of carbonyl (C=O) groups excluding carboxylic acids is 2. The SMILES string of the molecule is CCOC(=O)C1C(=O)Cc2c1ccn2C. The second kappa shape index (κ2) is 3.53. The van der Waals surface area contributed by atoms with Crippen molar-refractivity contribution in [2.24, 2.45) is 7.05 Å². The number of hydrogen-bond acceptors (Lipinski definition) is 3. The van der Waals surface area contributed by atoms with Crippen molar-refractivity contribution in [1.82, 2.24) is 4.57 Å². The molecule has 80 valence electrons. The Morgan fingerprint density at radius 1 is 1.67 bits per heavy atom. The molecule has 1 aromatic rings. The first-order chi connectivity index (χ1) is 7.15. The molecule has 1 unspecified atom stereocenters. The van der Waals surface area contributed by atoms with Crippen LogP contribution in [0.5, 0.6) is 0 Å². The van der Waals surface area contributed by atoms with Crippen LogP contribution in [0, 0.1) is 0 Å². The van der Waals surface area contributed by atoms with Crippen LogP contribution in [0.4, 0.5) is 0 Å². The van der Waals surface area contributed by atoms with Crippen LogP contribution >= 0.6 is 0 Å². The van der Waals surface area contributed by atoms with Gasteiger partial charge in [-0.3, -0.25) is 9.59 Å². The van der Waals surface area contributed by atoms with Crippen molar-refractivity contribution in [3.05, 3.63) is 23.5 Å². The van der Waals surface area contributed by atoms with Gasteiger partial charge in [0.25, 0.3) is 0 Å². The van der Waals surface area contributed by atoms with Crippen molar-refractivity contribution in [2.45, 2.75) is 19.3 Å². The highest BCUT2D eigenvalue weighted by Crippen LogP contribution is 2.31. The van der Waals surface area contributed by atoms with Gasteiger partial charge in [0.1, 0.15) is 5.92 Å². The molecule has 1 aromatic heterocycles. The van der Waals surface area contributed by atoms with Gasteiger partial charge in [0.05, 0.1) is 6.61 Å². The summed E-state index contributed by atoms with van der Waals surface area (Å²) < 4.78 is 6.77. The number of Topliss-reactive ketones (excluding diaryl/α,β-unsaturated/α-hetero) is 1. The zero-order chi connectivity index (χ0) is 11.0. The monoisotopic (exact) mass is 207 g/mol. The third-order valence-electron chi connectivity index (χ3n) is 2.73. The first-order valence-corrected chi connectivity index (χ1v) is 4.98. The highest BCUT2D eigenvalue weighted by atomic mass is 16.5. The fourth-order valence-electron chi connectivity index (χ4n) is 2.00. The molecule has 1 aliphatic carbocycles. The fourth-order valence-corrected chi connectivity index (χ4v) is 2.00. The maximum absolute atomic E-state index is 11.6. The summed E-state index contributed by atoms with van der Waals surface area (Å²) in [7, 11) is 1.87. The van der Waals surface area contributed by atoms with Crippen LogP contribution in [0.1, 0.15) is 24.1 Å². The molecule has 0 radical (unpaired) electrons. The van der Waals surface area contributed by atoms with Gasteiger partial charge in [-0.05, 0) is 18.6 Å². The average Bonchev–Trinajstić information content (AvgIpc) is 2.67. The van der Waals surface area contributed by atoms with Gasteiger partial charge in [0.15, 0.2) is 5.78 Å². The summed E-state index contributed by atoms with van der Waals surface area (Å²) >= 11 is 0. The zero-order valence-electron chi connectivity index (χ0n) is 8.82. The van der Waals surface area contributed by atoms with Crippen molar-refractivity contribution in [2.75, 3.05) is 6.61 Å². The van der Waals surface area contributed by atoms with Gasteiger partial charge >= 0.3 is 5.97 Å². The van der Waals surface area contributed by atoms with E-state index in [0.29, 0.717) is 13.0 Å². The fraction of sp³-hybridized carbons (Fsp3) is 0.455. The molecule has 2 rings (SSSR count). The van der Waals surface area contributed by atoms with E-state index in [4.69, 9.17) is 4.74 Å². The van der Waals surface area contributed by atoms with Gasteiger partial charge < -0.3 is 9.30 Å². The second-order valence-corrected chi connectivity index (χ2v) is 3.66. The average molecular weight is 207 g/mol. The van der Waals surface area contributed by atoms with Crippen molar-refractivity contribution in [3.8, 4) is 0 Å². The maximum atomic E-state index is 11.6. The van der Waals surface area contributed by atoms with Gasteiger partial charge in [0.2, 0.25) is 0 Å². The molecule has 4 heteroatoms. The Labute approximate surface area is 87.8 Å². The van der Waals surface area contributed by atoms with Gasteiger partial charge in [-0.25, -0.2) is 0 Å². The van der Waals surface area contributed by atoms with E-state index in [1.54, 1.807) is 6.92 Å². The molecule has 4 nitrogen and oxygen atoms in total. The number of aryl methyl sites for hydroxylation is 1. The van der Waals surface area contributed by atoms with Crippen LogP contribution in [0.2, 0.25) is 0 Å².